The minimum absolute atomic E-state index is 0.605. The van der Waals surface area contributed by atoms with E-state index >= 15 is 0 Å². The molecule has 0 aliphatic rings. The van der Waals surface area contributed by atoms with Gasteiger partial charge >= 0.3 is 5.97 Å². The Labute approximate surface area is 73.7 Å². The van der Waals surface area contributed by atoms with E-state index in [1.807, 2.05) is 11.9 Å². The Hall–Kier alpha value is -0.990. The first-order chi connectivity index (χ1) is 5.56. The molecule has 3 nitrogen and oxygen atoms in total. The molecular formula is C9H17NO2. The Balaban J connectivity index is 3.72. The van der Waals surface area contributed by atoms with Crippen LogP contribution < -0.4 is 0 Å². The summed E-state index contributed by atoms with van der Waals surface area (Å²) in [6.45, 7) is 5.17. The smallest absolute Gasteiger partial charge is 0.329 e. The van der Waals surface area contributed by atoms with Gasteiger partial charge in [0.25, 0.3) is 0 Å². The summed E-state index contributed by atoms with van der Waals surface area (Å²) in [5.74, 6) is -0.292. The van der Waals surface area contributed by atoms with Gasteiger partial charge in [0.05, 0.1) is 0 Å². The van der Waals surface area contributed by atoms with Crippen LogP contribution in [-0.2, 0) is 4.79 Å². The molecule has 70 valence electrons. The average molecular weight is 171 g/mol. The second kappa shape index (κ2) is 5.63. The monoisotopic (exact) mass is 171 g/mol. The Kier molecular flexibility index (Phi) is 5.17. The van der Waals surface area contributed by atoms with Crippen LogP contribution in [0.2, 0.25) is 0 Å². The number of aliphatic carboxylic acids is 1. The highest BCUT2D eigenvalue weighted by atomic mass is 16.4. The zero-order valence-corrected chi connectivity index (χ0v) is 7.95. The van der Waals surface area contributed by atoms with Gasteiger partial charge in [-0.1, -0.05) is 20.3 Å². The largest absolute Gasteiger partial charge is 0.478 e. The summed E-state index contributed by atoms with van der Waals surface area (Å²) in [6.07, 6.45) is 3.86. The van der Waals surface area contributed by atoms with Gasteiger partial charge in [-0.05, 0) is 5.92 Å². The highest BCUT2D eigenvalue weighted by Crippen LogP contribution is 2.02. The molecule has 0 spiro atoms. The van der Waals surface area contributed by atoms with Crippen molar-refractivity contribution in [3.05, 3.63) is 12.3 Å². The Morgan fingerprint density at radius 2 is 2.25 bits per heavy atom. The van der Waals surface area contributed by atoms with Gasteiger partial charge in [0, 0.05) is 25.9 Å². The van der Waals surface area contributed by atoms with Crippen molar-refractivity contribution in [3.63, 3.8) is 0 Å². The first-order valence-electron chi connectivity index (χ1n) is 4.17. The standard InChI is InChI=1S/C9H17NO2/c1-4-8(2)7-10(3)6-5-9(11)12/h5-6,8H,4,7H2,1-3H3,(H,11,12). The predicted octanol–water partition coefficient (Wildman–Crippen LogP) is 1.56. The molecule has 0 aromatic heterocycles. The lowest BCUT2D eigenvalue weighted by Gasteiger charge is -2.17. The lowest BCUT2D eigenvalue weighted by Crippen LogP contribution is -2.18. The molecule has 0 aliphatic heterocycles. The van der Waals surface area contributed by atoms with E-state index in [9.17, 15) is 4.79 Å². The fraction of sp³-hybridized carbons (Fsp3) is 0.667. The van der Waals surface area contributed by atoms with Crippen LogP contribution in [0.4, 0.5) is 0 Å². The van der Waals surface area contributed by atoms with Gasteiger partial charge in [-0.2, -0.15) is 0 Å². The first kappa shape index (κ1) is 11.0. The van der Waals surface area contributed by atoms with Crippen LogP contribution in [-0.4, -0.2) is 29.6 Å². The van der Waals surface area contributed by atoms with E-state index in [2.05, 4.69) is 13.8 Å². The summed E-state index contributed by atoms with van der Waals surface area (Å²) in [7, 11) is 1.88. The van der Waals surface area contributed by atoms with E-state index in [0.717, 1.165) is 19.0 Å². The van der Waals surface area contributed by atoms with Gasteiger partial charge in [-0.15, -0.1) is 0 Å². The minimum atomic E-state index is -0.897. The molecule has 0 aliphatic carbocycles. The van der Waals surface area contributed by atoms with E-state index in [1.165, 1.54) is 0 Å². The van der Waals surface area contributed by atoms with Gasteiger partial charge in [0.15, 0.2) is 0 Å². The minimum Gasteiger partial charge on any atom is -0.478 e. The van der Waals surface area contributed by atoms with Crippen molar-refractivity contribution < 1.29 is 9.90 Å². The number of nitrogens with zero attached hydrogens (tertiary/aromatic N) is 1. The van der Waals surface area contributed by atoms with E-state index < -0.39 is 5.97 Å². The fourth-order valence-electron chi connectivity index (χ4n) is 0.873. The van der Waals surface area contributed by atoms with Gasteiger partial charge in [0.1, 0.15) is 0 Å². The zero-order valence-electron chi connectivity index (χ0n) is 7.95. The molecule has 0 saturated carbocycles. The van der Waals surface area contributed by atoms with Crippen LogP contribution in [0, 0.1) is 5.92 Å². The Morgan fingerprint density at radius 1 is 1.67 bits per heavy atom. The van der Waals surface area contributed by atoms with Crippen molar-refractivity contribution in [1.82, 2.24) is 4.90 Å². The van der Waals surface area contributed by atoms with Crippen molar-refractivity contribution in [2.75, 3.05) is 13.6 Å². The molecule has 0 aromatic rings. The lowest BCUT2D eigenvalue weighted by molar-refractivity contribution is -0.131. The summed E-state index contributed by atoms with van der Waals surface area (Å²) in [4.78, 5) is 12.0. The summed E-state index contributed by atoms with van der Waals surface area (Å²) in [5.41, 5.74) is 0. The average Bonchev–Trinajstić information content (AvgIpc) is 2.00. The molecule has 1 N–H and O–H groups in total. The summed E-state index contributed by atoms with van der Waals surface area (Å²) >= 11 is 0. The highest BCUT2D eigenvalue weighted by molar-refractivity contribution is 5.79. The predicted molar refractivity (Wildman–Crippen MR) is 48.9 cm³/mol. The number of carbonyl (C=O) groups is 1. The maximum absolute atomic E-state index is 10.1. The zero-order chi connectivity index (χ0) is 9.56. The molecule has 12 heavy (non-hydrogen) atoms. The molecule has 1 unspecified atom stereocenters. The second-order valence-electron chi connectivity index (χ2n) is 3.11. The molecule has 1 atom stereocenters. The molecule has 0 amide bonds. The van der Waals surface area contributed by atoms with Gasteiger partial charge in [-0.3, -0.25) is 0 Å². The van der Waals surface area contributed by atoms with Crippen LogP contribution >= 0.6 is 0 Å². The molecule has 0 fully saturated rings. The molecule has 0 saturated heterocycles. The van der Waals surface area contributed by atoms with Crippen molar-refractivity contribution in [3.8, 4) is 0 Å². The number of carboxylic acids is 1. The quantitative estimate of drug-likeness (QED) is 0.638. The molecule has 0 bridgehead atoms. The maximum atomic E-state index is 10.1. The molecule has 0 radical (unpaired) electrons. The van der Waals surface area contributed by atoms with Crippen LogP contribution in [0.3, 0.4) is 0 Å². The normalized spacial score (nSPS) is 13.2. The Morgan fingerprint density at radius 3 is 2.67 bits per heavy atom. The molecule has 0 rings (SSSR count). The topological polar surface area (TPSA) is 40.5 Å². The number of rotatable bonds is 5. The van der Waals surface area contributed by atoms with Crippen LogP contribution in [0.25, 0.3) is 0 Å². The van der Waals surface area contributed by atoms with Crippen molar-refractivity contribution in [2.45, 2.75) is 20.3 Å². The Bertz CT molecular complexity index is 166. The summed E-state index contributed by atoms with van der Waals surface area (Å²) in [6, 6.07) is 0. The van der Waals surface area contributed by atoms with Gasteiger partial charge in [0.2, 0.25) is 0 Å². The number of carboxylic acid groups (broad SMARTS) is 1. The third-order valence-corrected chi connectivity index (χ3v) is 1.77. The molecule has 3 heteroatoms. The molecule has 0 aromatic carbocycles. The van der Waals surface area contributed by atoms with Crippen molar-refractivity contribution in [1.29, 1.82) is 0 Å². The van der Waals surface area contributed by atoms with E-state index in [0.29, 0.717) is 5.92 Å². The summed E-state index contributed by atoms with van der Waals surface area (Å²) < 4.78 is 0. The lowest BCUT2D eigenvalue weighted by atomic mass is 10.1. The second-order valence-corrected chi connectivity index (χ2v) is 3.11. The maximum Gasteiger partial charge on any atom is 0.329 e. The SMILES string of the molecule is CCC(C)CN(C)C=CC(=O)O. The van der Waals surface area contributed by atoms with Gasteiger partial charge < -0.3 is 10.0 Å². The molecular weight excluding hydrogens is 154 g/mol. The third kappa shape index (κ3) is 5.77. The number of hydrogen-bond donors (Lipinski definition) is 1. The fourth-order valence-corrected chi connectivity index (χ4v) is 0.873. The van der Waals surface area contributed by atoms with Crippen molar-refractivity contribution in [2.24, 2.45) is 5.92 Å². The van der Waals surface area contributed by atoms with E-state index in [-0.39, 0.29) is 0 Å². The van der Waals surface area contributed by atoms with Gasteiger partial charge in [-0.25, -0.2) is 4.79 Å². The summed E-state index contributed by atoms with van der Waals surface area (Å²) in [5, 5.41) is 8.34. The molecule has 0 heterocycles. The van der Waals surface area contributed by atoms with Crippen LogP contribution in [0.5, 0.6) is 0 Å². The van der Waals surface area contributed by atoms with E-state index in [4.69, 9.17) is 5.11 Å². The van der Waals surface area contributed by atoms with Crippen LogP contribution in [0.15, 0.2) is 12.3 Å². The van der Waals surface area contributed by atoms with E-state index in [1.54, 1.807) is 6.20 Å². The first-order valence-corrected chi connectivity index (χ1v) is 4.17. The third-order valence-electron chi connectivity index (χ3n) is 1.77. The number of hydrogen-bond acceptors (Lipinski definition) is 2. The highest BCUT2D eigenvalue weighted by Gasteiger charge is 2.00. The van der Waals surface area contributed by atoms with Crippen molar-refractivity contribution >= 4 is 5.97 Å². The van der Waals surface area contributed by atoms with Crippen LogP contribution in [0.1, 0.15) is 20.3 Å².